The lowest BCUT2D eigenvalue weighted by molar-refractivity contribution is -0.00849. The Kier molecular flexibility index (Phi) is 8.70. The van der Waals surface area contributed by atoms with Crippen molar-refractivity contribution in [3.63, 3.8) is 0 Å². The molecule has 0 aliphatic carbocycles. The van der Waals surface area contributed by atoms with E-state index in [4.69, 9.17) is 9.47 Å². The predicted octanol–water partition coefficient (Wildman–Crippen LogP) is 7.23. The molecule has 1 saturated heterocycles. The molecule has 1 aliphatic rings. The summed E-state index contributed by atoms with van der Waals surface area (Å²) in [7, 11) is 0. The van der Waals surface area contributed by atoms with E-state index in [1.54, 1.807) is 50.2 Å². The standard InChI is InChI=1S/C32H36F2N6O4/c1-5-32(33,34)21-14-23(16-25(15-21)43-19-24-8-7-13-40(24)30(42)44-31(2,3)4)38-29(41)26-9-6-12-35-28(26)37-22-11-10-20-18-36-39-27(20)17-22/h6,9-12,14-18,24H,5,7-8,13,19H2,1-4H3,(H,35,37)(H,36,39)(H,38,41)/t24-/m0/s1. The van der Waals surface area contributed by atoms with Crippen molar-refractivity contribution < 1.29 is 27.8 Å². The molecule has 0 unspecified atom stereocenters. The Morgan fingerprint density at radius 1 is 1.11 bits per heavy atom. The lowest BCUT2D eigenvalue weighted by Crippen LogP contribution is -2.42. The molecule has 2 amide bonds. The maximum atomic E-state index is 14.9. The molecule has 2 aromatic heterocycles. The topological polar surface area (TPSA) is 121 Å². The maximum absolute atomic E-state index is 14.9. The summed E-state index contributed by atoms with van der Waals surface area (Å²) >= 11 is 0. The fraction of sp³-hybridized carbons (Fsp3) is 0.375. The first-order valence-corrected chi connectivity index (χ1v) is 14.5. The highest BCUT2D eigenvalue weighted by molar-refractivity contribution is 6.08. The van der Waals surface area contributed by atoms with Gasteiger partial charge in [-0.25, -0.2) is 18.6 Å². The maximum Gasteiger partial charge on any atom is 0.410 e. The lowest BCUT2D eigenvalue weighted by atomic mass is 10.0. The molecular formula is C32H36F2N6O4. The van der Waals surface area contributed by atoms with Gasteiger partial charge in [0.05, 0.1) is 23.3 Å². The van der Waals surface area contributed by atoms with Gasteiger partial charge in [-0.3, -0.25) is 9.89 Å². The summed E-state index contributed by atoms with van der Waals surface area (Å²) in [6.45, 7) is 7.39. The van der Waals surface area contributed by atoms with Crippen LogP contribution in [0.3, 0.4) is 0 Å². The zero-order chi connectivity index (χ0) is 31.5. The van der Waals surface area contributed by atoms with Gasteiger partial charge in [-0.1, -0.05) is 6.92 Å². The second-order valence-corrected chi connectivity index (χ2v) is 11.7. The number of alkyl halides is 2. The van der Waals surface area contributed by atoms with Crippen LogP contribution in [-0.2, 0) is 10.7 Å². The molecule has 0 spiro atoms. The minimum absolute atomic E-state index is 0.0884. The molecule has 1 fully saturated rings. The Bertz CT molecular complexity index is 1650. The normalized spacial score (nSPS) is 15.3. The van der Waals surface area contributed by atoms with E-state index in [1.165, 1.54) is 25.1 Å². The van der Waals surface area contributed by atoms with Crippen molar-refractivity contribution in [1.82, 2.24) is 20.1 Å². The molecule has 0 radical (unpaired) electrons. The molecule has 44 heavy (non-hydrogen) atoms. The molecule has 4 aromatic rings. The molecule has 232 valence electrons. The number of H-pyrrole nitrogens is 1. The highest BCUT2D eigenvalue weighted by atomic mass is 19.3. The zero-order valence-electron chi connectivity index (χ0n) is 25.1. The Morgan fingerprint density at radius 3 is 2.70 bits per heavy atom. The monoisotopic (exact) mass is 606 g/mol. The Labute approximate surface area is 254 Å². The molecule has 3 N–H and O–H groups in total. The van der Waals surface area contributed by atoms with Crippen LogP contribution in [0.4, 0.5) is 30.8 Å². The van der Waals surface area contributed by atoms with Crippen molar-refractivity contribution in [3.8, 4) is 5.75 Å². The minimum Gasteiger partial charge on any atom is -0.491 e. The first-order valence-electron chi connectivity index (χ1n) is 14.5. The minimum atomic E-state index is -3.15. The summed E-state index contributed by atoms with van der Waals surface area (Å²) in [5, 5.41) is 13.7. The van der Waals surface area contributed by atoms with E-state index in [1.807, 2.05) is 18.2 Å². The van der Waals surface area contributed by atoms with Crippen LogP contribution in [0, 0.1) is 0 Å². The molecule has 12 heteroatoms. The number of halogens is 2. The summed E-state index contributed by atoms with van der Waals surface area (Å²) in [5.41, 5.74) is 0.911. The molecule has 5 rings (SSSR count). The van der Waals surface area contributed by atoms with Crippen LogP contribution in [0.1, 0.15) is 62.9 Å². The fourth-order valence-electron chi connectivity index (χ4n) is 4.97. The number of aromatic amines is 1. The van der Waals surface area contributed by atoms with Crippen molar-refractivity contribution in [3.05, 3.63) is 72.1 Å². The number of ether oxygens (including phenoxy) is 2. The number of pyridine rings is 1. The number of aromatic nitrogens is 3. The van der Waals surface area contributed by atoms with Crippen LogP contribution in [0.5, 0.6) is 5.75 Å². The smallest absolute Gasteiger partial charge is 0.410 e. The largest absolute Gasteiger partial charge is 0.491 e. The average molecular weight is 607 g/mol. The van der Waals surface area contributed by atoms with E-state index >= 15 is 0 Å². The van der Waals surface area contributed by atoms with Crippen molar-refractivity contribution >= 4 is 40.1 Å². The molecule has 3 heterocycles. The summed E-state index contributed by atoms with van der Waals surface area (Å²) in [5.74, 6) is -3.25. The third-order valence-electron chi connectivity index (χ3n) is 7.24. The Balaban J connectivity index is 1.35. The number of carbonyl (C=O) groups excluding carboxylic acids is 2. The summed E-state index contributed by atoms with van der Waals surface area (Å²) < 4.78 is 41.3. The number of hydrogen-bond donors (Lipinski definition) is 3. The van der Waals surface area contributed by atoms with Crippen molar-refractivity contribution in [1.29, 1.82) is 0 Å². The van der Waals surface area contributed by atoms with Gasteiger partial charge in [-0.05, 0) is 76.1 Å². The van der Waals surface area contributed by atoms with Crippen LogP contribution in [0.25, 0.3) is 10.9 Å². The van der Waals surface area contributed by atoms with E-state index in [0.717, 1.165) is 17.3 Å². The molecule has 2 aromatic carbocycles. The second-order valence-electron chi connectivity index (χ2n) is 11.7. The van der Waals surface area contributed by atoms with Gasteiger partial charge >= 0.3 is 6.09 Å². The van der Waals surface area contributed by atoms with Gasteiger partial charge in [0.15, 0.2) is 0 Å². The highest BCUT2D eigenvalue weighted by Crippen LogP contribution is 2.36. The van der Waals surface area contributed by atoms with E-state index in [0.29, 0.717) is 24.5 Å². The molecular weight excluding hydrogens is 570 g/mol. The van der Waals surface area contributed by atoms with Gasteiger partial charge in [-0.2, -0.15) is 5.10 Å². The lowest BCUT2D eigenvalue weighted by Gasteiger charge is -2.28. The predicted molar refractivity (Wildman–Crippen MR) is 164 cm³/mol. The van der Waals surface area contributed by atoms with Gasteiger partial charge in [-0.15, -0.1) is 0 Å². The summed E-state index contributed by atoms with van der Waals surface area (Å²) in [4.78, 5) is 32.1. The first kappa shape index (κ1) is 30.7. The number of benzene rings is 2. The molecule has 10 nitrogen and oxygen atoms in total. The number of nitrogens with one attached hydrogen (secondary N) is 3. The molecule has 1 aliphatic heterocycles. The van der Waals surface area contributed by atoms with Crippen LogP contribution >= 0.6 is 0 Å². The molecule has 1 atom stereocenters. The SMILES string of the molecule is CCC(F)(F)c1cc(NC(=O)c2cccnc2Nc2ccc3cn[nH]c3c2)cc(OC[C@@H]2CCCN2C(=O)OC(C)(C)C)c1. The van der Waals surface area contributed by atoms with E-state index in [9.17, 15) is 18.4 Å². The molecule has 0 bridgehead atoms. The summed E-state index contributed by atoms with van der Waals surface area (Å²) in [6, 6.07) is 12.5. The second kappa shape index (κ2) is 12.5. The van der Waals surface area contributed by atoms with Crippen LogP contribution < -0.4 is 15.4 Å². The number of nitrogens with zero attached hydrogens (tertiary/aromatic N) is 3. The zero-order valence-corrected chi connectivity index (χ0v) is 25.1. The average Bonchev–Trinajstić information content (AvgIpc) is 3.65. The van der Waals surface area contributed by atoms with Crippen LogP contribution in [0.15, 0.2) is 60.9 Å². The third kappa shape index (κ3) is 7.24. The highest BCUT2D eigenvalue weighted by Gasteiger charge is 2.34. The van der Waals surface area contributed by atoms with Crippen molar-refractivity contribution in [2.45, 2.75) is 64.5 Å². The van der Waals surface area contributed by atoms with Gasteiger partial charge in [0.1, 0.15) is 23.8 Å². The number of hydrogen-bond acceptors (Lipinski definition) is 7. The number of amides is 2. The van der Waals surface area contributed by atoms with Crippen molar-refractivity contribution in [2.24, 2.45) is 0 Å². The van der Waals surface area contributed by atoms with Gasteiger partial charge in [0.25, 0.3) is 11.8 Å². The third-order valence-corrected chi connectivity index (χ3v) is 7.24. The number of fused-ring (bicyclic) bond motifs is 1. The van der Waals surface area contributed by atoms with E-state index < -0.39 is 29.9 Å². The summed E-state index contributed by atoms with van der Waals surface area (Å²) in [6.07, 6.45) is 3.85. The number of anilines is 3. The van der Waals surface area contributed by atoms with Crippen LogP contribution in [0.2, 0.25) is 0 Å². The van der Waals surface area contributed by atoms with Crippen LogP contribution in [-0.4, -0.2) is 56.9 Å². The number of carbonyl (C=O) groups is 2. The first-order chi connectivity index (χ1) is 20.9. The number of likely N-dealkylation sites (tertiary alicyclic amines) is 1. The van der Waals surface area contributed by atoms with E-state index in [-0.39, 0.29) is 35.2 Å². The number of rotatable bonds is 9. The fourth-order valence-corrected chi connectivity index (χ4v) is 4.97. The van der Waals surface area contributed by atoms with Crippen molar-refractivity contribution in [2.75, 3.05) is 23.8 Å². The Hall–Kier alpha value is -4.74. The van der Waals surface area contributed by atoms with Gasteiger partial charge in [0.2, 0.25) is 0 Å². The molecule has 0 saturated carbocycles. The quantitative estimate of drug-likeness (QED) is 0.184. The van der Waals surface area contributed by atoms with Gasteiger partial charge in [0, 0.05) is 47.6 Å². The van der Waals surface area contributed by atoms with E-state index in [2.05, 4.69) is 25.8 Å². The van der Waals surface area contributed by atoms with Gasteiger partial charge < -0.3 is 25.0 Å². The Morgan fingerprint density at radius 2 is 1.93 bits per heavy atom.